The Kier molecular flexibility index (Phi) is 6.86. The molecular formula is C27H30N2O3. The Labute approximate surface area is 190 Å². The van der Waals surface area contributed by atoms with Crippen molar-refractivity contribution in [2.75, 3.05) is 27.3 Å². The topological polar surface area (TPSA) is 51.7 Å². The first-order valence-electron chi connectivity index (χ1n) is 11.1. The Bertz CT molecular complexity index is 1070. The van der Waals surface area contributed by atoms with Crippen LogP contribution < -0.4 is 4.74 Å². The lowest BCUT2D eigenvalue weighted by molar-refractivity contribution is 0.0712. The van der Waals surface area contributed by atoms with Gasteiger partial charge in [0.1, 0.15) is 5.75 Å². The van der Waals surface area contributed by atoms with E-state index >= 15 is 0 Å². The van der Waals surface area contributed by atoms with Crippen LogP contribution in [0.25, 0.3) is 11.1 Å². The second-order valence-electron chi connectivity index (χ2n) is 8.35. The number of aryl methyl sites for hydroxylation is 1. The summed E-state index contributed by atoms with van der Waals surface area (Å²) in [6, 6.07) is 20.1. The zero-order chi connectivity index (χ0) is 22.5. The molecule has 0 N–H and O–H groups in total. The van der Waals surface area contributed by atoms with Crippen molar-refractivity contribution in [2.24, 2.45) is 0 Å². The molecule has 3 aromatic rings. The molecule has 0 aliphatic carbocycles. The molecule has 5 heteroatoms. The summed E-state index contributed by atoms with van der Waals surface area (Å²) in [7, 11) is 3.36. The third-order valence-electron chi connectivity index (χ3n) is 6.09. The molecular weight excluding hydrogens is 400 g/mol. The largest absolute Gasteiger partial charge is 0.497 e. The number of piperidine rings is 1. The number of hydrogen-bond acceptors (Lipinski definition) is 4. The smallest absolute Gasteiger partial charge is 0.253 e. The lowest BCUT2D eigenvalue weighted by Crippen LogP contribution is -2.38. The molecule has 0 unspecified atom stereocenters. The Morgan fingerprint density at radius 1 is 1.00 bits per heavy atom. The summed E-state index contributed by atoms with van der Waals surface area (Å²) < 4.78 is 10.5. The summed E-state index contributed by atoms with van der Waals surface area (Å²) in [5, 5.41) is 0. The van der Waals surface area contributed by atoms with Crippen molar-refractivity contribution in [2.45, 2.75) is 32.3 Å². The Hall–Kier alpha value is -3.18. The van der Waals surface area contributed by atoms with Gasteiger partial charge < -0.3 is 14.4 Å². The lowest BCUT2D eigenvalue weighted by Gasteiger charge is -2.32. The lowest BCUT2D eigenvalue weighted by atomic mass is 9.91. The monoisotopic (exact) mass is 430 g/mol. The van der Waals surface area contributed by atoms with Crippen LogP contribution in [0.2, 0.25) is 0 Å². The molecule has 0 atom stereocenters. The minimum absolute atomic E-state index is 0.0988. The van der Waals surface area contributed by atoms with Crippen LogP contribution in [-0.4, -0.2) is 43.1 Å². The highest BCUT2D eigenvalue weighted by Gasteiger charge is 2.25. The maximum atomic E-state index is 12.9. The number of rotatable bonds is 6. The third-order valence-corrected chi connectivity index (χ3v) is 6.09. The minimum atomic E-state index is 0.0988. The summed E-state index contributed by atoms with van der Waals surface area (Å²) in [6.45, 7) is 4.08. The van der Waals surface area contributed by atoms with Gasteiger partial charge in [0.2, 0.25) is 0 Å². The van der Waals surface area contributed by atoms with Gasteiger partial charge in [-0.1, -0.05) is 24.3 Å². The summed E-state index contributed by atoms with van der Waals surface area (Å²) in [5.74, 6) is 1.30. The van der Waals surface area contributed by atoms with E-state index in [4.69, 9.17) is 14.5 Å². The van der Waals surface area contributed by atoms with Crippen molar-refractivity contribution >= 4 is 5.91 Å². The SMILES string of the molecule is COCc1ccc(C(=O)N2CCC(c3cc(-c4cccc(OC)c4)cc(C)n3)CC2)cc1. The number of likely N-dealkylation sites (tertiary alicyclic amines) is 1. The van der Waals surface area contributed by atoms with Crippen molar-refractivity contribution in [3.8, 4) is 16.9 Å². The van der Waals surface area contributed by atoms with Crippen molar-refractivity contribution in [3.63, 3.8) is 0 Å². The normalized spacial score (nSPS) is 14.4. The van der Waals surface area contributed by atoms with Crippen LogP contribution >= 0.6 is 0 Å². The molecule has 0 bridgehead atoms. The number of methoxy groups -OCH3 is 2. The highest BCUT2D eigenvalue weighted by Crippen LogP contribution is 2.32. The maximum Gasteiger partial charge on any atom is 0.253 e. The molecule has 1 amide bonds. The van der Waals surface area contributed by atoms with E-state index in [0.29, 0.717) is 12.5 Å². The van der Waals surface area contributed by atoms with Crippen molar-refractivity contribution in [3.05, 3.63) is 83.2 Å². The number of ether oxygens (including phenoxy) is 2. The van der Waals surface area contributed by atoms with E-state index in [1.807, 2.05) is 48.2 Å². The molecule has 0 saturated carbocycles. The van der Waals surface area contributed by atoms with Gasteiger partial charge in [-0.05, 0) is 72.9 Å². The average Bonchev–Trinajstić information content (AvgIpc) is 2.84. The summed E-state index contributed by atoms with van der Waals surface area (Å²) in [6.07, 6.45) is 1.84. The number of carbonyl (C=O) groups is 1. The van der Waals surface area contributed by atoms with E-state index in [9.17, 15) is 4.79 Å². The van der Waals surface area contributed by atoms with E-state index < -0.39 is 0 Å². The molecule has 1 saturated heterocycles. The van der Waals surface area contributed by atoms with Crippen LogP contribution in [0, 0.1) is 6.92 Å². The Balaban J connectivity index is 1.44. The van der Waals surface area contributed by atoms with Gasteiger partial charge in [-0.3, -0.25) is 9.78 Å². The molecule has 4 rings (SSSR count). The molecule has 1 aromatic heterocycles. The van der Waals surface area contributed by atoms with Gasteiger partial charge in [0.15, 0.2) is 0 Å². The highest BCUT2D eigenvalue weighted by molar-refractivity contribution is 5.94. The second kappa shape index (κ2) is 9.96. The zero-order valence-corrected chi connectivity index (χ0v) is 19.0. The number of nitrogens with zero attached hydrogens (tertiary/aromatic N) is 2. The molecule has 1 aliphatic heterocycles. The van der Waals surface area contributed by atoms with Crippen LogP contribution in [0.15, 0.2) is 60.7 Å². The van der Waals surface area contributed by atoms with E-state index in [-0.39, 0.29) is 5.91 Å². The number of amides is 1. The van der Waals surface area contributed by atoms with Crippen molar-refractivity contribution in [1.29, 1.82) is 0 Å². The molecule has 2 heterocycles. The number of carbonyl (C=O) groups excluding carboxylic acids is 1. The summed E-state index contributed by atoms with van der Waals surface area (Å²) in [5.41, 5.74) is 6.20. The van der Waals surface area contributed by atoms with Crippen LogP contribution in [0.4, 0.5) is 0 Å². The molecule has 2 aromatic carbocycles. The van der Waals surface area contributed by atoms with E-state index in [1.165, 1.54) is 0 Å². The fourth-order valence-corrected chi connectivity index (χ4v) is 4.34. The first-order chi connectivity index (χ1) is 15.6. The molecule has 1 aliphatic rings. The fourth-order valence-electron chi connectivity index (χ4n) is 4.34. The average molecular weight is 431 g/mol. The van der Waals surface area contributed by atoms with Gasteiger partial charge in [-0.2, -0.15) is 0 Å². The Morgan fingerprint density at radius 3 is 2.44 bits per heavy atom. The third kappa shape index (κ3) is 5.00. The predicted octanol–water partition coefficient (Wildman–Crippen LogP) is 5.23. The van der Waals surface area contributed by atoms with Crippen LogP contribution in [-0.2, 0) is 11.3 Å². The number of pyridine rings is 1. The molecule has 32 heavy (non-hydrogen) atoms. The first kappa shape index (κ1) is 22.0. The van der Waals surface area contributed by atoms with Gasteiger partial charge >= 0.3 is 0 Å². The molecule has 0 radical (unpaired) electrons. The van der Waals surface area contributed by atoms with Crippen molar-refractivity contribution < 1.29 is 14.3 Å². The van der Waals surface area contributed by atoms with Crippen LogP contribution in [0.5, 0.6) is 5.75 Å². The van der Waals surface area contributed by atoms with E-state index in [1.54, 1.807) is 14.2 Å². The van der Waals surface area contributed by atoms with Gasteiger partial charge in [-0.25, -0.2) is 0 Å². The predicted molar refractivity (Wildman–Crippen MR) is 126 cm³/mol. The van der Waals surface area contributed by atoms with Gasteiger partial charge in [0, 0.05) is 43.1 Å². The number of aromatic nitrogens is 1. The summed E-state index contributed by atoms with van der Waals surface area (Å²) in [4.78, 5) is 19.7. The first-order valence-corrected chi connectivity index (χ1v) is 11.1. The second-order valence-corrected chi connectivity index (χ2v) is 8.35. The quantitative estimate of drug-likeness (QED) is 0.537. The molecule has 1 fully saturated rings. The maximum absolute atomic E-state index is 12.9. The Morgan fingerprint density at radius 2 is 1.75 bits per heavy atom. The van der Waals surface area contributed by atoms with E-state index in [2.05, 4.69) is 24.3 Å². The number of benzene rings is 2. The van der Waals surface area contributed by atoms with Gasteiger partial charge in [0.05, 0.1) is 13.7 Å². The zero-order valence-electron chi connectivity index (χ0n) is 19.0. The highest BCUT2D eigenvalue weighted by atomic mass is 16.5. The van der Waals surface area contributed by atoms with Crippen molar-refractivity contribution in [1.82, 2.24) is 9.88 Å². The standard InChI is InChI=1S/C27H30N2O3/c1-19-15-24(23-5-4-6-25(16-23)32-3)17-26(28-19)21-11-13-29(14-12-21)27(30)22-9-7-20(8-10-22)18-31-2/h4-10,15-17,21H,11-14,18H2,1-3H3. The number of hydrogen-bond donors (Lipinski definition) is 0. The van der Waals surface area contributed by atoms with Gasteiger partial charge in [0.25, 0.3) is 5.91 Å². The van der Waals surface area contributed by atoms with Crippen LogP contribution in [0.3, 0.4) is 0 Å². The fraction of sp³-hybridized carbons (Fsp3) is 0.333. The van der Waals surface area contributed by atoms with E-state index in [0.717, 1.165) is 65.3 Å². The van der Waals surface area contributed by atoms with Crippen LogP contribution in [0.1, 0.15) is 46.1 Å². The molecule has 166 valence electrons. The molecule has 0 spiro atoms. The minimum Gasteiger partial charge on any atom is -0.497 e. The van der Waals surface area contributed by atoms with Gasteiger partial charge in [-0.15, -0.1) is 0 Å². The molecule has 5 nitrogen and oxygen atoms in total. The summed E-state index contributed by atoms with van der Waals surface area (Å²) >= 11 is 0.